The second-order valence-electron chi connectivity index (χ2n) is 3.25. The fourth-order valence-electron chi connectivity index (χ4n) is 1.07. The smallest absolute Gasteiger partial charge is 0.128 e. The maximum absolute atomic E-state index is 9.64. The van der Waals surface area contributed by atoms with Crippen LogP contribution in [0.15, 0.2) is 23.3 Å². The molecule has 4 heteroatoms. The Balaban J connectivity index is 2.83. The molecule has 4 nitrogen and oxygen atoms in total. The summed E-state index contributed by atoms with van der Waals surface area (Å²) in [5, 5.41) is 15.3. The number of phenolic OH excluding ortho intramolecular Hbond substituents is 1. The quantitative estimate of drug-likeness (QED) is 0.605. The van der Waals surface area contributed by atoms with Crippen molar-refractivity contribution < 1.29 is 9.84 Å². The summed E-state index contributed by atoms with van der Waals surface area (Å²) >= 11 is 0. The normalized spacial score (nSPS) is 10.6. The number of rotatable bonds is 4. The minimum Gasteiger partial charge on any atom is -0.507 e. The van der Waals surface area contributed by atoms with Crippen molar-refractivity contribution in [3.8, 4) is 11.5 Å². The molecule has 1 rings (SSSR count). The number of phenols is 1. The second-order valence-corrected chi connectivity index (χ2v) is 3.25. The third kappa shape index (κ3) is 3.50. The highest BCUT2D eigenvalue weighted by Crippen LogP contribution is 2.22. The van der Waals surface area contributed by atoms with Crippen LogP contribution in [0.4, 0.5) is 0 Å². The highest BCUT2D eigenvalue weighted by atomic mass is 16.5. The molecule has 0 aliphatic carbocycles. The van der Waals surface area contributed by atoms with Gasteiger partial charge in [-0.25, -0.2) is 0 Å². The second kappa shape index (κ2) is 5.24. The largest absolute Gasteiger partial charge is 0.507 e. The molecule has 0 spiro atoms. The molecular weight excluding hydrogens is 192 g/mol. The highest BCUT2D eigenvalue weighted by molar-refractivity contribution is 5.83. The summed E-state index contributed by atoms with van der Waals surface area (Å²) in [6, 6.07) is 5.16. The fourth-order valence-corrected chi connectivity index (χ4v) is 1.07. The first-order chi connectivity index (χ1) is 7.13. The lowest BCUT2D eigenvalue weighted by atomic mass is 10.2. The number of hydrogen-bond donors (Lipinski definition) is 1. The van der Waals surface area contributed by atoms with Gasteiger partial charge in [0.1, 0.15) is 11.5 Å². The van der Waals surface area contributed by atoms with E-state index in [-0.39, 0.29) is 5.75 Å². The van der Waals surface area contributed by atoms with E-state index in [9.17, 15) is 5.11 Å². The molecule has 0 amide bonds. The maximum atomic E-state index is 9.64. The highest BCUT2D eigenvalue weighted by Gasteiger charge is 2.00. The molecule has 0 aromatic heterocycles. The Labute approximate surface area is 89.8 Å². The summed E-state index contributed by atoms with van der Waals surface area (Å²) in [6.45, 7) is 2.49. The average molecular weight is 208 g/mol. The molecule has 0 heterocycles. The van der Waals surface area contributed by atoms with Crippen LogP contribution in [0.3, 0.4) is 0 Å². The minimum absolute atomic E-state index is 0.173. The lowest BCUT2D eigenvalue weighted by Crippen LogP contribution is -2.02. The molecule has 0 aliphatic rings. The first-order valence-electron chi connectivity index (χ1n) is 4.80. The average Bonchev–Trinajstić information content (AvgIpc) is 2.17. The van der Waals surface area contributed by atoms with Gasteiger partial charge in [0.25, 0.3) is 0 Å². The molecule has 0 unspecified atom stereocenters. The van der Waals surface area contributed by atoms with Gasteiger partial charge in [-0.2, -0.15) is 5.10 Å². The monoisotopic (exact) mass is 208 g/mol. The van der Waals surface area contributed by atoms with Gasteiger partial charge in [0, 0.05) is 25.7 Å². The molecule has 0 fully saturated rings. The Morgan fingerprint density at radius 2 is 2.20 bits per heavy atom. The molecule has 15 heavy (non-hydrogen) atoms. The van der Waals surface area contributed by atoms with E-state index >= 15 is 0 Å². The van der Waals surface area contributed by atoms with Gasteiger partial charge in [-0.05, 0) is 19.1 Å². The van der Waals surface area contributed by atoms with Crippen LogP contribution in [-0.2, 0) is 0 Å². The van der Waals surface area contributed by atoms with E-state index < -0.39 is 0 Å². The predicted octanol–water partition coefficient (Wildman–Crippen LogP) is 1.69. The van der Waals surface area contributed by atoms with Gasteiger partial charge in [0.05, 0.1) is 12.8 Å². The van der Waals surface area contributed by atoms with Crippen LogP contribution in [-0.4, -0.2) is 37.0 Å². The van der Waals surface area contributed by atoms with E-state index in [0.717, 1.165) is 0 Å². The zero-order valence-corrected chi connectivity index (χ0v) is 9.27. The van der Waals surface area contributed by atoms with Crippen LogP contribution in [0.2, 0.25) is 0 Å². The van der Waals surface area contributed by atoms with Gasteiger partial charge >= 0.3 is 0 Å². The summed E-state index contributed by atoms with van der Waals surface area (Å²) < 4.78 is 5.25. The standard InChI is InChI=1S/C11H16N2O2/c1-4-15-10-6-5-9(11(14)7-10)8-12-13(2)3/h5-8,14H,4H2,1-3H3/b12-8+. The Hall–Kier alpha value is -1.71. The molecule has 82 valence electrons. The van der Waals surface area contributed by atoms with Gasteiger partial charge in [-0.3, -0.25) is 0 Å². The Morgan fingerprint density at radius 3 is 2.73 bits per heavy atom. The van der Waals surface area contributed by atoms with Crippen LogP contribution < -0.4 is 4.74 Å². The first-order valence-corrected chi connectivity index (χ1v) is 4.80. The van der Waals surface area contributed by atoms with Gasteiger partial charge < -0.3 is 14.9 Å². The van der Waals surface area contributed by atoms with Crippen LogP contribution in [0.5, 0.6) is 11.5 Å². The van der Waals surface area contributed by atoms with Crippen molar-refractivity contribution in [2.75, 3.05) is 20.7 Å². The van der Waals surface area contributed by atoms with Crippen LogP contribution in [0, 0.1) is 0 Å². The van der Waals surface area contributed by atoms with E-state index in [1.807, 2.05) is 21.0 Å². The fraction of sp³-hybridized carbons (Fsp3) is 0.364. The number of nitrogens with zero attached hydrogens (tertiary/aromatic N) is 2. The first kappa shape index (κ1) is 11.4. The van der Waals surface area contributed by atoms with E-state index in [4.69, 9.17) is 4.74 Å². The third-order valence-electron chi connectivity index (χ3n) is 1.74. The summed E-state index contributed by atoms with van der Waals surface area (Å²) in [6.07, 6.45) is 1.60. The minimum atomic E-state index is 0.173. The maximum Gasteiger partial charge on any atom is 0.128 e. The molecule has 1 N–H and O–H groups in total. The molecule has 0 saturated heterocycles. The third-order valence-corrected chi connectivity index (χ3v) is 1.74. The number of aromatic hydroxyl groups is 1. The van der Waals surface area contributed by atoms with Crippen LogP contribution in [0.1, 0.15) is 12.5 Å². The van der Waals surface area contributed by atoms with Crippen molar-refractivity contribution in [1.29, 1.82) is 0 Å². The molecular formula is C11H16N2O2. The molecule has 0 atom stereocenters. The zero-order valence-electron chi connectivity index (χ0n) is 9.27. The SMILES string of the molecule is CCOc1ccc(/C=N/N(C)C)c(O)c1. The molecule has 0 bridgehead atoms. The van der Waals surface area contributed by atoms with Gasteiger partial charge in [0.15, 0.2) is 0 Å². The summed E-state index contributed by atoms with van der Waals surface area (Å²) in [7, 11) is 3.64. The van der Waals surface area contributed by atoms with Gasteiger partial charge in [-0.1, -0.05) is 0 Å². The molecule has 0 radical (unpaired) electrons. The van der Waals surface area contributed by atoms with Crippen molar-refractivity contribution in [1.82, 2.24) is 5.01 Å². The van der Waals surface area contributed by atoms with Crippen molar-refractivity contribution in [2.24, 2.45) is 5.10 Å². The Bertz CT molecular complexity index is 348. The lowest BCUT2D eigenvalue weighted by Gasteiger charge is -2.06. The van der Waals surface area contributed by atoms with Crippen molar-refractivity contribution in [3.05, 3.63) is 23.8 Å². The number of benzene rings is 1. The number of hydrazone groups is 1. The van der Waals surface area contributed by atoms with Crippen molar-refractivity contribution in [2.45, 2.75) is 6.92 Å². The predicted molar refractivity (Wildman–Crippen MR) is 60.6 cm³/mol. The van der Waals surface area contributed by atoms with E-state index in [2.05, 4.69) is 5.10 Å². The van der Waals surface area contributed by atoms with Crippen molar-refractivity contribution >= 4 is 6.21 Å². The van der Waals surface area contributed by atoms with E-state index in [1.165, 1.54) is 0 Å². The molecule has 1 aromatic carbocycles. The number of ether oxygens (including phenoxy) is 1. The van der Waals surface area contributed by atoms with Gasteiger partial charge in [0.2, 0.25) is 0 Å². The Morgan fingerprint density at radius 1 is 1.47 bits per heavy atom. The van der Waals surface area contributed by atoms with E-state index in [0.29, 0.717) is 17.9 Å². The van der Waals surface area contributed by atoms with E-state index in [1.54, 1.807) is 29.4 Å². The Kier molecular flexibility index (Phi) is 3.97. The molecule has 0 aliphatic heterocycles. The molecule has 0 saturated carbocycles. The lowest BCUT2D eigenvalue weighted by molar-refractivity contribution is 0.337. The summed E-state index contributed by atoms with van der Waals surface area (Å²) in [5.41, 5.74) is 0.673. The van der Waals surface area contributed by atoms with Crippen LogP contribution in [0.25, 0.3) is 0 Å². The topological polar surface area (TPSA) is 45.1 Å². The number of hydrogen-bond acceptors (Lipinski definition) is 4. The molecule has 1 aromatic rings. The van der Waals surface area contributed by atoms with Crippen LogP contribution >= 0.6 is 0 Å². The zero-order chi connectivity index (χ0) is 11.3. The summed E-state index contributed by atoms with van der Waals surface area (Å²) in [4.78, 5) is 0. The van der Waals surface area contributed by atoms with Crippen molar-refractivity contribution in [3.63, 3.8) is 0 Å². The van der Waals surface area contributed by atoms with Gasteiger partial charge in [-0.15, -0.1) is 0 Å². The summed E-state index contributed by atoms with van der Waals surface area (Å²) in [5.74, 6) is 0.837.